The fraction of sp³-hybridized carbons (Fsp3) is 0.452. The number of anilines is 1. The van der Waals surface area contributed by atoms with Crippen molar-refractivity contribution in [2.45, 2.75) is 64.0 Å². The topological polar surface area (TPSA) is 85.4 Å². The molecule has 8 heteroatoms. The second-order valence-corrected chi connectivity index (χ2v) is 11.0. The number of aryl methyl sites for hydroxylation is 1. The molecule has 8 nitrogen and oxygen atoms in total. The molecule has 1 N–H and O–H groups in total. The number of ether oxygens (including phenoxy) is 1. The van der Waals surface area contributed by atoms with Crippen LogP contribution in [-0.4, -0.2) is 43.5 Å². The summed E-state index contributed by atoms with van der Waals surface area (Å²) in [6.45, 7) is 3.26. The number of hydrogen-bond acceptors (Lipinski definition) is 5. The Hall–Kier alpha value is -3.81. The Balaban J connectivity index is 1.33. The Bertz CT molecular complexity index is 1430. The van der Waals surface area contributed by atoms with Gasteiger partial charge in [0, 0.05) is 50.6 Å². The normalized spacial score (nSPS) is 19.9. The molecule has 3 heterocycles. The van der Waals surface area contributed by atoms with Crippen LogP contribution in [0.4, 0.5) is 5.69 Å². The lowest BCUT2D eigenvalue weighted by Gasteiger charge is -2.29. The standard InChI is InChI=1S/C31H37N5O3/c1-34-18-15-23(33-34)21-39-25-13-14-28-29(19-25)36(30(32-28)26-7-3-4-8-27(26)31(37)38)20-22-9-11-24(12-10-22)35-16-5-2-6-17-35/h9-15,18-19,26-27H,2-8,16-17,20-21H2,1H3,(H,37,38). The van der Waals surface area contributed by atoms with E-state index >= 15 is 0 Å². The fourth-order valence-electron chi connectivity index (χ4n) is 6.24. The summed E-state index contributed by atoms with van der Waals surface area (Å²) in [4.78, 5) is 19.7. The third-order valence-electron chi connectivity index (χ3n) is 8.32. The van der Waals surface area contributed by atoms with Crippen molar-refractivity contribution < 1.29 is 14.6 Å². The summed E-state index contributed by atoms with van der Waals surface area (Å²) in [5.41, 5.74) is 5.16. The highest BCUT2D eigenvalue weighted by molar-refractivity contribution is 5.79. The predicted molar refractivity (Wildman–Crippen MR) is 151 cm³/mol. The number of aromatic nitrogens is 4. The quantitative estimate of drug-likeness (QED) is 0.314. The summed E-state index contributed by atoms with van der Waals surface area (Å²) < 4.78 is 10.1. The van der Waals surface area contributed by atoms with Gasteiger partial charge in [-0.25, -0.2) is 4.98 Å². The van der Waals surface area contributed by atoms with Gasteiger partial charge in [-0.05, 0) is 68.0 Å². The fourth-order valence-corrected chi connectivity index (χ4v) is 6.24. The molecule has 2 unspecified atom stereocenters. The molecule has 0 radical (unpaired) electrons. The molecule has 0 amide bonds. The lowest BCUT2D eigenvalue weighted by molar-refractivity contribution is -0.143. The van der Waals surface area contributed by atoms with Crippen molar-refractivity contribution in [1.29, 1.82) is 0 Å². The predicted octanol–water partition coefficient (Wildman–Crippen LogP) is 5.75. The van der Waals surface area contributed by atoms with Crippen LogP contribution < -0.4 is 9.64 Å². The summed E-state index contributed by atoms with van der Waals surface area (Å²) in [5.74, 6) is 0.396. The maximum Gasteiger partial charge on any atom is 0.307 e. The maximum absolute atomic E-state index is 12.2. The smallest absolute Gasteiger partial charge is 0.307 e. The largest absolute Gasteiger partial charge is 0.487 e. The Morgan fingerprint density at radius 2 is 1.79 bits per heavy atom. The van der Waals surface area contributed by atoms with E-state index in [1.165, 1.54) is 30.5 Å². The van der Waals surface area contributed by atoms with Gasteiger partial charge in [0.05, 0.1) is 22.6 Å². The molecular formula is C31H37N5O3. The zero-order valence-corrected chi connectivity index (χ0v) is 22.6. The number of aliphatic carboxylic acids is 1. The first-order valence-corrected chi connectivity index (χ1v) is 14.2. The minimum atomic E-state index is -0.719. The van der Waals surface area contributed by atoms with E-state index in [-0.39, 0.29) is 5.92 Å². The third-order valence-corrected chi connectivity index (χ3v) is 8.32. The number of piperidine rings is 1. The molecule has 2 atom stereocenters. The van der Waals surface area contributed by atoms with E-state index in [0.29, 0.717) is 19.6 Å². The molecule has 39 heavy (non-hydrogen) atoms. The zero-order valence-electron chi connectivity index (χ0n) is 22.6. The van der Waals surface area contributed by atoms with Crippen molar-refractivity contribution in [2.24, 2.45) is 13.0 Å². The SMILES string of the molecule is Cn1ccc(COc2ccc3nc(C4CCCCC4C(=O)O)n(Cc4ccc(N5CCCCC5)cc4)c3c2)n1. The lowest BCUT2D eigenvalue weighted by Crippen LogP contribution is -2.29. The van der Waals surface area contributed by atoms with Crippen molar-refractivity contribution in [3.05, 3.63) is 71.8 Å². The molecule has 1 aliphatic carbocycles. The number of carboxylic acid groups (broad SMARTS) is 1. The van der Waals surface area contributed by atoms with Crippen LogP contribution in [0.25, 0.3) is 11.0 Å². The number of fused-ring (bicyclic) bond motifs is 1. The summed E-state index contributed by atoms with van der Waals surface area (Å²) in [6, 6.07) is 16.8. The maximum atomic E-state index is 12.2. The Labute approximate surface area is 229 Å². The molecule has 1 saturated heterocycles. The van der Waals surface area contributed by atoms with Gasteiger partial charge in [0.2, 0.25) is 0 Å². The van der Waals surface area contributed by atoms with Crippen molar-refractivity contribution >= 4 is 22.7 Å². The first-order valence-electron chi connectivity index (χ1n) is 14.2. The second kappa shape index (κ2) is 11.1. The van der Waals surface area contributed by atoms with Gasteiger partial charge in [0.1, 0.15) is 18.2 Å². The molecule has 1 saturated carbocycles. The van der Waals surface area contributed by atoms with Crippen molar-refractivity contribution in [2.75, 3.05) is 18.0 Å². The minimum absolute atomic E-state index is 0.103. The average molecular weight is 528 g/mol. The Morgan fingerprint density at radius 1 is 1.00 bits per heavy atom. The van der Waals surface area contributed by atoms with E-state index in [9.17, 15) is 9.90 Å². The Morgan fingerprint density at radius 3 is 2.54 bits per heavy atom. The number of nitrogens with zero attached hydrogens (tertiary/aromatic N) is 5. The highest BCUT2D eigenvalue weighted by atomic mass is 16.5. The van der Waals surface area contributed by atoms with E-state index < -0.39 is 11.9 Å². The van der Waals surface area contributed by atoms with E-state index in [4.69, 9.17) is 9.72 Å². The molecule has 2 aromatic heterocycles. The van der Waals surface area contributed by atoms with Crippen molar-refractivity contribution in [3.63, 3.8) is 0 Å². The molecule has 204 valence electrons. The molecule has 4 aromatic rings. The molecular weight excluding hydrogens is 490 g/mol. The van der Waals surface area contributed by atoms with Crippen LogP contribution in [0.2, 0.25) is 0 Å². The number of rotatable bonds is 8. The van der Waals surface area contributed by atoms with Crippen LogP contribution >= 0.6 is 0 Å². The van der Waals surface area contributed by atoms with Gasteiger partial charge in [-0.1, -0.05) is 25.0 Å². The van der Waals surface area contributed by atoms with E-state index in [1.807, 2.05) is 37.5 Å². The number of hydrogen-bond donors (Lipinski definition) is 1. The average Bonchev–Trinajstić information content (AvgIpc) is 3.55. The molecule has 0 bridgehead atoms. The first-order chi connectivity index (χ1) is 19.0. The number of imidazole rings is 1. The summed E-state index contributed by atoms with van der Waals surface area (Å²) in [6.07, 6.45) is 9.26. The van der Waals surface area contributed by atoms with Crippen LogP contribution in [0.3, 0.4) is 0 Å². The molecule has 1 aliphatic heterocycles. The summed E-state index contributed by atoms with van der Waals surface area (Å²) >= 11 is 0. The third kappa shape index (κ3) is 5.51. The van der Waals surface area contributed by atoms with Crippen molar-refractivity contribution in [3.8, 4) is 5.75 Å². The number of carboxylic acids is 1. The molecule has 2 aliphatic rings. The van der Waals surface area contributed by atoms with Crippen LogP contribution in [0.5, 0.6) is 5.75 Å². The van der Waals surface area contributed by atoms with Crippen LogP contribution in [0.15, 0.2) is 54.7 Å². The van der Waals surface area contributed by atoms with Gasteiger partial charge in [-0.2, -0.15) is 5.10 Å². The van der Waals surface area contributed by atoms with Gasteiger partial charge >= 0.3 is 5.97 Å². The first kappa shape index (κ1) is 25.5. The number of carbonyl (C=O) groups is 1. The van der Waals surface area contributed by atoms with Gasteiger partial charge in [-0.3, -0.25) is 9.48 Å². The molecule has 6 rings (SSSR count). The zero-order chi connectivity index (χ0) is 26.8. The second-order valence-electron chi connectivity index (χ2n) is 11.0. The van der Waals surface area contributed by atoms with Crippen LogP contribution in [0.1, 0.15) is 67.9 Å². The lowest BCUT2D eigenvalue weighted by atomic mass is 9.78. The monoisotopic (exact) mass is 527 g/mol. The summed E-state index contributed by atoms with van der Waals surface area (Å²) in [5, 5.41) is 14.4. The van der Waals surface area contributed by atoms with Gasteiger partial charge in [-0.15, -0.1) is 0 Å². The highest BCUT2D eigenvalue weighted by Gasteiger charge is 2.35. The van der Waals surface area contributed by atoms with Crippen LogP contribution in [-0.2, 0) is 25.0 Å². The number of benzene rings is 2. The van der Waals surface area contributed by atoms with E-state index in [2.05, 4.69) is 38.8 Å². The highest BCUT2D eigenvalue weighted by Crippen LogP contribution is 2.39. The molecule has 0 spiro atoms. The molecule has 2 fully saturated rings. The molecule has 2 aromatic carbocycles. The minimum Gasteiger partial charge on any atom is -0.487 e. The van der Waals surface area contributed by atoms with Gasteiger partial charge in [0.15, 0.2) is 0 Å². The Kier molecular flexibility index (Phi) is 7.26. The van der Waals surface area contributed by atoms with E-state index in [1.54, 1.807) is 4.68 Å². The summed E-state index contributed by atoms with van der Waals surface area (Å²) in [7, 11) is 1.89. The van der Waals surface area contributed by atoms with Crippen molar-refractivity contribution in [1.82, 2.24) is 19.3 Å². The van der Waals surface area contributed by atoms with E-state index in [0.717, 1.165) is 60.7 Å². The van der Waals surface area contributed by atoms with Gasteiger partial charge < -0.3 is 19.3 Å². The van der Waals surface area contributed by atoms with Crippen LogP contribution in [0, 0.1) is 5.92 Å². The van der Waals surface area contributed by atoms with Gasteiger partial charge in [0.25, 0.3) is 0 Å².